The summed E-state index contributed by atoms with van der Waals surface area (Å²) in [5.74, 6) is -0.372. The van der Waals surface area contributed by atoms with Gasteiger partial charge in [0.2, 0.25) is 0 Å². The number of ether oxygens (including phenoxy) is 1. The molecule has 0 fully saturated rings. The van der Waals surface area contributed by atoms with Crippen molar-refractivity contribution in [1.29, 1.82) is 0 Å². The van der Waals surface area contributed by atoms with Gasteiger partial charge in [0.25, 0.3) is 0 Å². The summed E-state index contributed by atoms with van der Waals surface area (Å²) in [7, 11) is 1.38. The Morgan fingerprint density at radius 3 is 2.38 bits per heavy atom. The lowest BCUT2D eigenvalue weighted by Crippen LogP contribution is -2.18. The van der Waals surface area contributed by atoms with Crippen LogP contribution in [0.15, 0.2) is 83.3 Å². The first-order chi connectivity index (χ1) is 15.4. The van der Waals surface area contributed by atoms with Gasteiger partial charge in [-0.05, 0) is 76.2 Å². The average molecular weight is 494 g/mol. The molecule has 0 saturated heterocycles. The Labute approximate surface area is 200 Å². The van der Waals surface area contributed by atoms with E-state index < -0.39 is 0 Å². The van der Waals surface area contributed by atoms with E-state index in [1.54, 1.807) is 12.2 Å². The zero-order valence-corrected chi connectivity index (χ0v) is 21.4. The Morgan fingerprint density at radius 1 is 1.09 bits per heavy atom. The molecule has 4 heteroatoms. The standard InChI is InChI=1S/C26H26BrNO2.C2H6/c1-6-21(25(27)28-14-13-20(16-19(28)4)26(29)30-5)23-9-7-8-10-24(23)22-12-11-17(2)15-18(22)3;1-2/h7-16H,4,6H2,1-3,5H3;1-2H3/b25-21+;. The number of carbonyl (C=O) groups excluding carboxylic acids is 1. The van der Waals surface area contributed by atoms with Gasteiger partial charge in [-0.15, -0.1) is 0 Å². The fourth-order valence-corrected chi connectivity index (χ4v) is 4.51. The minimum atomic E-state index is -0.372. The summed E-state index contributed by atoms with van der Waals surface area (Å²) in [4.78, 5) is 13.8. The molecule has 1 aliphatic rings. The van der Waals surface area contributed by atoms with E-state index >= 15 is 0 Å². The number of carbonyl (C=O) groups is 1. The molecule has 0 spiro atoms. The number of halogens is 1. The first-order valence-electron chi connectivity index (χ1n) is 10.9. The molecule has 0 radical (unpaired) electrons. The van der Waals surface area contributed by atoms with E-state index in [2.05, 4.69) is 85.7 Å². The lowest BCUT2D eigenvalue weighted by Gasteiger charge is -2.27. The molecule has 1 aliphatic heterocycles. The predicted octanol–water partition coefficient (Wildman–Crippen LogP) is 7.91. The van der Waals surface area contributed by atoms with Crippen molar-refractivity contribution in [3.8, 4) is 11.1 Å². The highest BCUT2D eigenvalue weighted by Crippen LogP contribution is 2.38. The molecule has 0 aromatic heterocycles. The SMILES string of the molecule is C=C1C=C(C(=O)OC)C=CN1/C(Br)=C(\CC)c1ccccc1-c1ccc(C)cc1C.CC. The summed E-state index contributed by atoms with van der Waals surface area (Å²) >= 11 is 3.80. The highest BCUT2D eigenvalue weighted by Gasteiger charge is 2.20. The van der Waals surface area contributed by atoms with Crippen LogP contribution in [-0.4, -0.2) is 18.0 Å². The molecule has 0 saturated carbocycles. The monoisotopic (exact) mass is 493 g/mol. The Bertz CT molecular complexity index is 1090. The van der Waals surface area contributed by atoms with Gasteiger partial charge in [-0.3, -0.25) is 0 Å². The lowest BCUT2D eigenvalue weighted by atomic mass is 9.90. The van der Waals surface area contributed by atoms with Gasteiger partial charge < -0.3 is 9.64 Å². The van der Waals surface area contributed by atoms with E-state index in [0.717, 1.165) is 16.6 Å². The molecule has 3 nitrogen and oxygen atoms in total. The van der Waals surface area contributed by atoms with Gasteiger partial charge in [-0.2, -0.15) is 0 Å². The first-order valence-corrected chi connectivity index (χ1v) is 11.7. The van der Waals surface area contributed by atoms with E-state index in [9.17, 15) is 4.79 Å². The van der Waals surface area contributed by atoms with E-state index in [4.69, 9.17) is 4.74 Å². The number of aryl methyl sites for hydroxylation is 2. The normalized spacial score (nSPS) is 13.7. The average Bonchev–Trinajstić information content (AvgIpc) is 2.80. The molecule has 0 aliphatic carbocycles. The first kappa shape index (κ1) is 25.4. The molecular weight excluding hydrogens is 462 g/mol. The zero-order chi connectivity index (χ0) is 23.8. The van der Waals surface area contributed by atoms with E-state index in [-0.39, 0.29) is 5.97 Å². The second-order valence-electron chi connectivity index (χ2n) is 7.26. The van der Waals surface area contributed by atoms with E-state index in [0.29, 0.717) is 11.3 Å². The number of esters is 1. The van der Waals surface area contributed by atoms with Crippen LogP contribution >= 0.6 is 15.9 Å². The Hall–Kier alpha value is -2.85. The minimum absolute atomic E-state index is 0.372. The second kappa shape index (κ2) is 11.7. The van der Waals surface area contributed by atoms with Crippen LogP contribution in [-0.2, 0) is 9.53 Å². The van der Waals surface area contributed by atoms with Gasteiger partial charge in [-0.1, -0.05) is 75.4 Å². The van der Waals surface area contributed by atoms with Crippen molar-refractivity contribution >= 4 is 27.5 Å². The van der Waals surface area contributed by atoms with Gasteiger partial charge in [0, 0.05) is 11.9 Å². The largest absolute Gasteiger partial charge is 0.465 e. The van der Waals surface area contributed by atoms with Crippen LogP contribution in [0.1, 0.15) is 43.9 Å². The number of benzene rings is 2. The van der Waals surface area contributed by atoms with Gasteiger partial charge in [0.15, 0.2) is 0 Å². The van der Waals surface area contributed by atoms with Crippen LogP contribution in [0.5, 0.6) is 0 Å². The van der Waals surface area contributed by atoms with Crippen LogP contribution in [0.3, 0.4) is 0 Å². The maximum absolute atomic E-state index is 11.8. The minimum Gasteiger partial charge on any atom is -0.465 e. The van der Waals surface area contributed by atoms with Crippen LogP contribution in [0.25, 0.3) is 16.7 Å². The molecule has 32 heavy (non-hydrogen) atoms. The van der Waals surface area contributed by atoms with Crippen molar-refractivity contribution in [2.45, 2.75) is 41.0 Å². The number of rotatable bonds is 5. The maximum atomic E-state index is 11.8. The predicted molar refractivity (Wildman–Crippen MR) is 139 cm³/mol. The zero-order valence-electron chi connectivity index (χ0n) is 19.8. The number of allylic oxidation sites excluding steroid dienone is 2. The van der Waals surface area contributed by atoms with Crippen molar-refractivity contribution in [1.82, 2.24) is 4.90 Å². The Balaban J connectivity index is 0.00000176. The smallest absolute Gasteiger partial charge is 0.337 e. The molecule has 1 heterocycles. The van der Waals surface area contributed by atoms with Crippen molar-refractivity contribution in [3.05, 3.63) is 100.0 Å². The second-order valence-corrected chi connectivity index (χ2v) is 8.01. The number of nitrogens with zero attached hydrogens (tertiary/aromatic N) is 1. The fraction of sp³-hybridized carbons (Fsp3) is 0.250. The van der Waals surface area contributed by atoms with E-state index in [1.165, 1.54) is 34.9 Å². The van der Waals surface area contributed by atoms with Gasteiger partial charge in [0.05, 0.1) is 17.3 Å². The summed E-state index contributed by atoms with van der Waals surface area (Å²) in [6, 6.07) is 15.0. The molecule has 168 valence electrons. The van der Waals surface area contributed by atoms with Crippen LogP contribution in [0.4, 0.5) is 0 Å². The Morgan fingerprint density at radius 2 is 1.78 bits per heavy atom. The van der Waals surface area contributed by atoms with Crippen LogP contribution in [0, 0.1) is 13.8 Å². The molecule has 3 rings (SSSR count). The summed E-state index contributed by atoms with van der Waals surface area (Å²) in [5.41, 5.74) is 8.43. The molecule has 0 N–H and O–H groups in total. The fourth-order valence-electron chi connectivity index (χ4n) is 3.67. The number of hydrogen-bond acceptors (Lipinski definition) is 3. The highest BCUT2D eigenvalue weighted by molar-refractivity contribution is 9.11. The lowest BCUT2D eigenvalue weighted by molar-refractivity contribution is -0.135. The summed E-state index contributed by atoms with van der Waals surface area (Å²) in [6.45, 7) is 14.5. The molecule has 0 unspecified atom stereocenters. The molecular formula is C28H32BrNO2. The van der Waals surface area contributed by atoms with Gasteiger partial charge in [0.1, 0.15) is 0 Å². The van der Waals surface area contributed by atoms with Crippen LogP contribution in [0.2, 0.25) is 0 Å². The van der Waals surface area contributed by atoms with Gasteiger partial charge >= 0.3 is 5.97 Å². The molecule has 0 amide bonds. The molecule has 2 aromatic rings. The molecule has 0 atom stereocenters. The summed E-state index contributed by atoms with van der Waals surface area (Å²) in [5, 5.41) is 0. The third-order valence-electron chi connectivity index (χ3n) is 5.19. The van der Waals surface area contributed by atoms with Gasteiger partial charge in [-0.25, -0.2) is 4.79 Å². The Kier molecular flexibility index (Phi) is 9.27. The van der Waals surface area contributed by atoms with Crippen molar-refractivity contribution < 1.29 is 9.53 Å². The van der Waals surface area contributed by atoms with Crippen LogP contribution < -0.4 is 0 Å². The maximum Gasteiger partial charge on any atom is 0.337 e. The third kappa shape index (κ3) is 5.49. The molecule has 0 bridgehead atoms. The quantitative estimate of drug-likeness (QED) is 0.312. The van der Waals surface area contributed by atoms with Crippen molar-refractivity contribution in [3.63, 3.8) is 0 Å². The van der Waals surface area contributed by atoms with Crippen molar-refractivity contribution in [2.24, 2.45) is 0 Å². The summed E-state index contributed by atoms with van der Waals surface area (Å²) < 4.78 is 5.72. The summed E-state index contributed by atoms with van der Waals surface area (Å²) in [6.07, 6.45) is 6.14. The molecule has 2 aromatic carbocycles. The van der Waals surface area contributed by atoms with Crippen molar-refractivity contribution in [2.75, 3.05) is 7.11 Å². The number of hydrogen-bond donors (Lipinski definition) is 0. The third-order valence-corrected chi connectivity index (χ3v) is 6.05. The van der Waals surface area contributed by atoms with E-state index in [1.807, 2.05) is 24.9 Å². The number of methoxy groups -OCH3 is 1. The topological polar surface area (TPSA) is 29.5 Å². The highest BCUT2D eigenvalue weighted by atomic mass is 79.9.